The predicted octanol–water partition coefficient (Wildman–Crippen LogP) is 5.95. The molecule has 0 bridgehead atoms. The molecule has 1 amide bonds. The Kier molecular flexibility index (Phi) is 7.18. The number of alkyl halides is 3. The van der Waals surface area contributed by atoms with Gasteiger partial charge in [-0.1, -0.05) is 54.4 Å². The van der Waals surface area contributed by atoms with Gasteiger partial charge in [0.2, 0.25) is 0 Å². The monoisotopic (exact) mass is 530 g/mol. The average molecular weight is 531 g/mol. The summed E-state index contributed by atoms with van der Waals surface area (Å²) < 4.78 is 42.8. The molecule has 6 nitrogen and oxygen atoms in total. The topological polar surface area (TPSA) is 55.5 Å². The maximum absolute atomic E-state index is 14.0. The van der Waals surface area contributed by atoms with Crippen LogP contribution in [0.4, 0.5) is 18.9 Å². The summed E-state index contributed by atoms with van der Waals surface area (Å²) in [6.45, 7) is 6.13. The molecule has 2 aliphatic rings. The molecule has 3 heterocycles. The second kappa shape index (κ2) is 10.4. The summed E-state index contributed by atoms with van der Waals surface area (Å²) in [5, 5.41) is 9.24. The van der Waals surface area contributed by atoms with E-state index in [4.69, 9.17) is 11.6 Å². The van der Waals surface area contributed by atoms with Gasteiger partial charge in [-0.15, -0.1) is 12.2 Å². The molecule has 2 unspecified atom stereocenters. The lowest BCUT2D eigenvalue weighted by atomic mass is 10.0. The lowest BCUT2D eigenvalue weighted by Gasteiger charge is -2.25. The van der Waals surface area contributed by atoms with Gasteiger partial charge in [0.25, 0.3) is 5.91 Å². The smallest absolute Gasteiger partial charge is 0.434 e. The van der Waals surface area contributed by atoms with Crippen LogP contribution in [-0.4, -0.2) is 64.8 Å². The normalized spacial score (nSPS) is 19.9. The molecule has 2 fully saturated rings. The van der Waals surface area contributed by atoms with Crippen molar-refractivity contribution in [1.82, 2.24) is 19.6 Å². The first-order valence-electron chi connectivity index (χ1n) is 12.4. The number of carbonyl (C=O) groups is 1. The first-order valence-corrected chi connectivity index (χ1v) is 12.7. The lowest BCUT2D eigenvalue weighted by molar-refractivity contribution is -0.143. The predicted molar refractivity (Wildman–Crippen MR) is 137 cm³/mol. The molecule has 0 radical (unpaired) electrons. The Morgan fingerprint density at radius 2 is 1.78 bits per heavy atom. The Balaban J connectivity index is 1.16. The molecule has 0 aliphatic carbocycles. The van der Waals surface area contributed by atoms with Crippen molar-refractivity contribution >= 4 is 23.2 Å². The van der Waals surface area contributed by atoms with E-state index in [1.54, 1.807) is 23.1 Å². The van der Waals surface area contributed by atoms with Crippen LogP contribution in [0.3, 0.4) is 0 Å². The highest BCUT2D eigenvalue weighted by molar-refractivity contribution is 6.31. The van der Waals surface area contributed by atoms with Gasteiger partial charge in [0.15, 0.2) is 5.69 Å². The van der Waals surface area contributed by atoms with E-state index in [2.05, 4.69) is 15.3 Å². The minimum Gasteiger partial charge on any atom is -0.684 e. The Hall–Kier alpha value is -3.04. The summed E-state index contributed by atoms with van der Waals surface area (Å²) in [4.78, 5) is 17.1. The van der Waals surface area contributed by atoms with Crippen LogP contribution in [0.15, 0.2) is 54.7 Å². The summed E-state index contributed by atoms with van der Waals surface area (Å²) in [5.74, 6) is -0.0865. The largest absolute Gasteiger partial charge is 0.684 e. The highest BCUT2D eigenvalue weighted by atomic mass is 35.5. The van der Waals surface area contributed by atoms with Crippen LogP contribution in [0.1, 0.15) is 28.0 Å². The number of benzene rings is 2. The summed E-state index contributed by atoms with van der Waals surface area (Å²) in [7, 11) is 0. The molecule has 2 aliphatic heterocycles. The standard InChI is InChI=1S/C27H28ClF3N5O/c1-18-8-9-21(12-24(18)28)32-10-5-11-34-14-19-16-35(17-20(19)15-34)26(37)23-13-33-36(25(23)27(29,30)31)22-6-3-2-4-7-22/h2-4,6-9,12-13,19-20H,5,10-11,14-17H2,1H3/q-1. The van der Waals surface area contributed by atoms with Crippen LogP contribution in [0.2, 0.25) is 5.02 Å². The molecule has 0 N–H and O–H groups in total. The highest BCUT2D eigenvalue weighted by Crippen LogP contribution is 2.37. The number of amides is 1. The summed E-state index contributed by atoms with van der Waals surface area (Å²) in [6, 6.07) is 13.9. The van der Waals surface area contributed by atoms with Crippen LogP contribution in [-0.2, 0) is 6.18 Å². The third-order valence-corrected chi connectivity index (χ3v) is 7.61. The first kappa shape index (κ1) is 25.6. The van der Waals surface area contributed by atoms with Crippen molar-refractivity contribution in [3.8, 4) is 5.69 Å². The molecule has 0 spiro atoms. The van der Waals surface area contributed by atoms with Gasteiger partial charge in [-0.3, -0.25) is 4.79 Å². The maximum atomic E-state index is 14.0. The van der Waals surface area contributed by atoms with Gasteiger partial charge in [-0.25, -0.2) is 4.68 Å². The van der Waals surface area contributed by atoms with Crippen LogP contribution < -0.4 is 0 Å². The molecule has 2 saturated heterocycles. The molecule has 196 valence electrons. The van der Waals surface area contributed by atoms with Crippen molar-refractivity contribution in [2.75, 3.05) is 39.3 Å². The average Bonchev–Trinajstić information content (AvgIpc) is 3.57. The fraction of sp³-hybridized carbons (Fsp3) is 0.407. The second-order valence-corrected chi connectivity index (χ2v) is 10.2. The van der Waals surface area contributed by atoms with Crippen molar-refractivity contribution < 1.29 is 18.0 Å². The maximum Gasteiger partial charge on any atom is 0.434 e. The van der Waals surface area contributed by atoms with Crippen LogP contribution in [0, 0.1) is 18.8 Å². The fourth-order valence-corrected chi connectivity index (χ4v) is 5.51. The minimum absolute atomic E-state index is 0.260. The Morgan fingerprint density at radius 3 is 2.43 bits per heavy atom. The Morgan fingerprint density at radius 1 is 1.08 bits per heavy atom. The molecule has 3 aromatic rings. The number of carbonyl (C=O) groups excluding carboxylic acids is 1. The molecule has 5 rings (SSSR count). The van der Waals surface area contributed by atoms with Crippen LogP contribution in [0.25, 0.3) is 11.0 Å². The zero-order chi connectivity index (χ0) is 26.2. The van der Waals surface area contributed by atoms with Gasteiger partial charge in [0.1, 0.15) is 0 Å². The number of likely N-dealkylation sites (tertiary alicyclic amines) is 2. The number of halogens is 4. The molecule has 2 atom stereocenters. The first-order chi connectivity index (χ1) is 17.7. The number of hydrogen-bond acceptors (Lipinski definition) is 3. The number of aromatic nitrogens is 2. The SMILES string of the molecule is Cc1ccc([N-]CCCN2CC3CN(C(=O)c4cnn(-c5ccccc5)c4C(F)(F)F)CC3C2)cc1Cl. The van der Waals surface area contributed by atoms with E-state index in [0.29, 0.717) is 24.7 Å². The summed E-state index contributed by atoms with van der Waals surface area (Å²) >= 11 is 6.16. The number of hydrogen-bond donors (Lipinski definition) is 0. The van der Waals surface area contributed by atoms with E-state index in [9.17, 15) is 18.0 Å². The van der Waals surface area contributed by atoms with Gasteiger partial charge < -0.3 is 15.1 Å². The van der Waals surface area contributed by atoms with Crippen LogP contribution in [0.5, 0.6) is 0 Å². The number of fused-ring (bicyclic) bond motifs is 1. The van der Waals surface area contributed by atoms with Crippen molar-refractivity contribution in [3.63, 3.8) is 0 Å². The summed E-state index contributed by atoms with van der Waals surface area (Å²) in [6.07, 6.45) is -2.76. The van der Waals surface area contributed by atoms with Gasteiger partial charge in [0.05, 0.1) is 17.4 Å². The zero-order valence-corrected chi connectivity index (χ0v) is 21.2. The molecule has 2 aromatic carbocycles. The minimum atomic E-state index is -4.71. The number of rotatable bonds is 7. The molecule has 1 aromatic heterocycles. The molecular weight excluding hydrogens is 503 g/mol. The lowest BCUT2D eigenvalue weighted by Crippen LogP contribution is -2.34. The van der Waals surface area contributed by atoms with E-state index >= 15 is 0 Å². The van der Waals surface area contributed by atoms with E-state index < -0.39 is 23.3 Å². The molecular formula is C27H28ClF3N5O-. The number of aryl methyl sites for hydroxylation is 1. The van der Waals surface area contributed by atoms with Gasteiger partial charge in [-0.2, -0.15) is 18.3 Å². The van der Waals surface area contributed by atoms with Crippen molar-refractivity contribution in [2.45, 2.75) is 19.5 Å². The van der Waals surface area contributed by atoms with Crippen molar-refractivity contribution in [3.05, 3.63) is 81.9 Å². The van der Waals surface area contributed by atoms with Crippen molar-refractivity contribution in [2.24, 2.45) is 11.8 Å². The highest BCUT2D eigenvalue weighted by Gasteiger charge is 2.45. The zero-order valence-electron chi connectivity index (χ0n) is 20.5. The molecule has 37 heavy (non-hydrogen) atoms. The Bertz CT molecular complexity index is 1250. The van der Waals surface area contributed by atoms with E-state index in [1.165, 1.54) is 12.1 Å². The van der Waals surface area contributed by atoms with Gasteiger partial charge in [0, 0.05) is 31.2 Å². The Labute approximate surface area is 219 Å². The number of para-hydroxylation sites is 1. The molecule has 0 saturated carbocycles. The van der Waals surface area contributed by atoms with Gasteiger partial charge in [-0.05, 0) is 43.0 Å². The summed E-state index contributed by atoms with van der Waals surface area (Å²) in [5.41, 5.74) is 0.736. The van der Waals surface area contributed by atoms with E-state index in [0.717, 1.165) is 48.2 Å². The van der Waals surface area contributed by atoms with Crippen molar-refractivity contribution in [1.29, 1.82) is 0 Å². The second-order valence-electron chi connectivity index (χ2n) is 9.81. The third-order valence-electron chi connectivity index (χ3n) is 7.20. The van der Waals surface area contributed by atoms with Gasteiger partial charge >= 0.3 is 6.18 Å². The third kappa shape index (κ3) is 5.48. The fourth-order valence-electron chi connectivity index (χ4n) is 5.33. The van der Waals surface area contributed by atoms with E-state index in [1.807, 2.05) is 25.1 Å². The molecule has 10 heteroatoms. The number of nitrogens with zero attached hydrogens (tertiary/aromatic N) is 5. The van der Waals surface area contributed by atoms with Crippen LogP contribution >= 0.6 is 11.6 Å². The van der Waals surface area contributed by atoms with E-state index in [-0.39, 0.29) is 17.5 Å². The quantitative estimate of drug-likeness (QED) is 0.355.